The van der Waals surface area contributed by atoms with Gasteiger partial charge in [-0.3, -0.25) is 4.79 Å². The van der Waals surface area contributed by atoms with Crippen LogP contribution in [0.5, 0.6) is 5.75 Å². The van der Waals surface area contributed by atoms with Gasteiger partial charge in [-0.25, -0.2) is 0 Å². The molecule has 2 aromatic rings. The summed E-state index contributed by atoms with van der Waals surface area (Å²) >= 11 is 6.22. The summed E-state index contributed by atoms with van der Waals surface area (Å²) in [5, 5.41) is 3.77. The van der Waals surface area contributed by atoms with Gasteiger partial charge in [-0.2, -0.15) is 0 Å². The van der Waals surface area contributed by atoms with E-state index in [2.05, 4.69) is 5.32 Å². The van der Waals surface area contributed by atoms with E-state index in [-0.39, 0.29) is 17.7 Å². The maximum absolute atomic E-state index is 12.5. The maximum atomic E-state index is 12.5. The number of hydrogen-bond acceptors (Lipinski definition) is 2. The Labute approximate surface area is 141 Å². The molecule has 1 aliphatic carbocycles. The van der Waals surface area contributed by atoms with Crippen molar-refractivity contribution in [2.24, 2.45) is 5.92 Å². The average Bonchev–Trinajstić information content (AvgIpc) is 3.31. The molecule has 4 heteroatoms. The van der Waals surface area contributed by atoms with E-state index in [1.165, 1.54) is 0 Å². The van der Waals surface area contributed by atoms with Crippen LogP contribution in [0.15, 0.2) is 36.4 Å². The van der Waals surface area contributed by atoms with Crippen molar-refractivity contribution in [3.63, 3.8) is 0 Å². The van der Waals surface area contributed by atoms with Gasteiger partial charge in [0.25, 0.3) is 0 Å². The minimum absolute atomic E-state index is 0.0124. The summed E-state index contributed by atoms with van der Waals surface area (Å²) in [7, 11) is 1.65. The van der Waals surface area contributed by atoms with Gasteiger partial charge in [0.15, 0.2) is 0 Å². The third kappa shape index (κ3) is 3.06. The lowest BCUT2D eigenvalue weighted by molar-refractivity contribution is -0.117. The van der Waals surface area contributed by atoms with Gasteiger partial charge in [0, 0.05) is 22.2 Å². The van der Waals surface area contributed by atoms with Crippen molar-refractivity contribution >= 4 is 23.2 Å². The van der Waals surface area contributed by atoms with Crippen LogP contribution < -0.4 is 10.1 Å². The Kier molecular flexibility index (Phi) is 4.31. The first-order chi connectivity index (χ1) is 11.0. The molecule has 1 aliphatic rings. The summed E-state index contributed by atoms with van der Waals surface area (Å²) in [6.45, 7) is 3.95. The first kappa shape index (κ1) is 15.9. The van der Waals surface area contributed by atoms with E-state index < -0.39 is 0 Å². The summed E-state index contributed by atoms with van der Waals surface area (Å²) in [6.07, 6.45) is 0.845. The molecule has 3 rings (SSSR count). The van der Waals surface area contributed by atoms with Crippen LogP contribution in [0, 0.1) is 19.8 Å². The van der Waals surface area contributed by atoms with Crippen LogP contribution in [0.4, 0.5) is 5.69 Å². The van der Waals surface area contributed by atoms with Gasteiger partial charge in [-0.1, -0.05) is 35.9 Å². The van der Waals surface area contributed by atoms with Gasteiger partial charge >= 0.3 is 0 Å². The van der Waals surface area contributed by atoms with Crippen LogP contribution >= 0.6 is 11.6 Å². The van der Waals surface area contributed by atoms with Gasteiger partial charge in [0.05, 0.1) is 7.11 Å². The second-order valence-electron chi connectivity index (χ2n) is 6.05. The number of aryl methyl sites for hydroxylation is 1. The smallest absolute Gasteiger partial charge is 0.228 e. The monoisotopic (exact) mass is 329 g/mol. The fourth-order valence-corrected chi connectivity index (χ4v) is 3.38. The molecule has 0 aliphatic heterocycles. The highest BCUT2D eigenvalue weighted by atomic mass is 35.5. The number of amides is 1. The molecule has 1 saturated carbocycles. The first-order valence-corrected chi connectivity index (χ1v) is 8.10. The number of carbonyl (C=O) groups is 1. The molecule has 1 N–H and O–H groups in total. The van der Waals surface area contributed by atoms with Crippen molar-refractivity contribution < 1.29 is 9.53 Å². The lowest BCUT2D eigenvalue weighted by Crippen LogP contribution is -2.15. The Morgan fingerprint density at radius 2 is 1.96 bits per heavy atom. The minimum atomic E-state index is -0.0124. The molecule has 0 radical (unpaired) electrons. The van der Waals surface area contributed by atoms with E-state index in [1.54, 1.807) is 7.11 Å². The molecule has 2 atom stereocenters. The zero-order chi connectivity index (χ0) is 16.6. The van der Waals surface area contributed by atoms with Crippen molar-refractivity contribution in [3.8, 4) is 5.75 Å². The second kappa shape index (κ2) is 6.25. The van der Waals surface area contributed by atoms with Crippen LogP contribution in [0.25, 0.3) is 0 Å². The van der Waals surface area contributed by atoms with E-state index >= 15 is 0 Å². The molecule has 2 aromatic carbocycles. The van der Waals surface area contributed by atoms with Gasteiger partial charge in [0.1, 0.15) is 5.75 Å². The summed E-state index contributed by atoms with van der Waals surface area (Å²) < 4.78 is 5.41. The number of ether oxygens (including phenoxy) is 1. The molecule has 0 spiro atoms. The van der Waals surface area contributed by atoms with E-state index in [1.807, 2.05) is 50.2 Å². The second-order valence-corrected chi connectivity index (χ2v) is 6.45. The predicted octanol–water partition coefficient (Wildman–Crippen LogP) is 4.71. The number of anilines is 1. The number of rotatable bonds is 4. The van der Waals surface area contributed by atoms with Crippen molar-refractivity contribution in [2.45, 2.75) is 26.2 Å². The molecule has 2 unspecified atom stereocenters. The molecule has 0 heterocycles. The Morgan fingerprint density at radius 1 is 1.22 bits per heavy atom. The van der Waals surface area contributed by atoms with Crippen molar-refractivity contribution in [2.75, 3.05) is 12.4 Å². The number of hydrogen-bond donors (Lipinski definition) is 1. The normalized spacial score (nSPS) is 19.3. The molecule has 1 fully saturated rings. The van der Waals surface area contributed by atoms with Crippen molar-refractivity contribution in [1.82, 2.24) is 0 Å². The maximum Gasteiger partial charge on any atom is 0.228 e. The number of methoxy groups -OCH3 is 1. The number of halogens is 1. The molecular weight excluding hydrogens is 310 g/mol. The molecule has 0 saturated heterocycles. The molecule has 0 aromatic heterocycles. The Hall–Kier alpha value is -2.00. The zero-order valence-corrected chi connectivity index (χ0v) is 14.3. The lowest BCUT2D eigenvalue weighted by Gasteiger charge is -2.14. The van der Waals surface area contributed by atoms with Crippen LogP contribution in [-0.4, -0.2) is 13.0 Å². The van der Waals surface area contributed by atoms with Gasteiger partial charge in [0.2, 0.25) is 5.91 Å². The van der Waals surface area contributed by atoms with Crippen LogP contribution in [0.1, 0.15) is 29.0 Å². The van der Waals surface area contributed by atoms with Crippen molar-refractivity contribution in [1.29, 1.82) is 0 Å². The van der Waals surface area contributed by atoms with Gasteiger partial charge in [-0.05, 0) is 49.4 Å². The molecule has 23 heavy (non-hydrogen) atoms. The van der Waals surface area contributed by atoms with E-state index in [9.17, 15) is 4.79 Å². The molecule has 1 amide bonds. The molecule has 0 bridgehead atoms. The molecule has 120 valence electrons. The van der Waals surface area contributed by atoms with Crippen molar-refractivity contribution in [3.05, 3.63) is 58.1 Å². The third-order valence-corrected chi connectivity index (χ3v) is 4.84. The van der Waals surface area contributed by atoms with Gasteiger partial charge < -0.3 is 10.1 Å². The lowest BCUT2D eigenvalue weighted by atomic mass is 10.1. The Balaban J connectivity index is 1.73. The number of nitrogens with one attached hydrogen (secondary N) is 1. The highest BCUT2D eigenvalue weighted by Crippen LogP contribution is 2.50. The van der Waals surface area contributed by atoms with E-state index in [4.69, 9.17) is 16.3 Å². The number of benzene rings is 2. The first-order valence-electron chi connectivity index (χ1n) is 7.72. The van der Waals surface area contributed by atoms with Crippen LogP contribution in [-0.2, 0) is 4.79 Å². The number of carbonyl (C=O) groups excluding carboxylic acids is 1. The highest BCUT2D eigenvalue weighted by Gasteiger charge is 2.44. The summed E-state index contributed by atoms with van der Waals surface area (Å²) in [6, 6.07) is 11.6. The standard InChI is InChI=1S/C19H20ClNO2/c1-11-8-9-17(12(2)18(11)23-3)21-19(22)15-10-14(15)13-6-4-5-7-16(13)20/h4-9,14-15H,10H2,1-3H3,(H,21,22). The Bertz CT molecular complexity index is 757. The average molecular weight is 330 g/mol. The predicted molar refractivity (Wildman–Crippen MR) is 93.4 cm³/mol. The van der Waals surface area contributed by atoms with E-state index in [0.717, 1.165) is 39.6 Å². The largest absolute Gasteiger partial charge is 0.496 e. The molecular formula is C19H20ClNO2. The highest BCUT2D eigenvalue weighted by molar-refractivity contribution is 6.31. The summed E-state index contributed by atoms with van der Waals surface area (Å²) in [5.74, 6) is 1.07. The quantitative estimate of drug-likeness (QED) is 0.882. The third-order valence-electron chi connectivity index (χ3n) is 4.50. The fraction of sp³-hybridized carbons (Fsp3) is 0.316. The SMILES string of the molecule is COc1c(C)ccc(NC(=O)C2CC2c2ccccc2Cl)c1C. The zero-order valence-electron chi connectivity index (χ0n) is 13.5. The minimum Gasteiger partial charge on any atom is -0.496 e. The fourth-order valence-electron chi connectivity index (χ4n) is 3.11. The van der Waals surface area contributed by atoms with E-state index in [0.29, 0.717) is 0 Å². The topological polar surface area (TPSA) is 38.3 Å². The van der Waals surface area contributed by atoms with Crippen LogP contribution in [0.3, 0.4) is 0 Å². The molecule has 3 nitrogen and oxygen atoms in total. The van der Waals surface area contributed by atoms with Gasteiger partial charge in [-0.15, -0.1) is 0 Å². The summed E-state index contributed by atoms with van der Waals surface area (Å²) in [5.41, 5.74) is 3.88. The Morgan fingerprint density at radius 3 is 2.65 bits per heavy atom. The summed E-state index contributed by atoms with van der Waals surface area (Å²) in [4.78, 5) is 12.5. The van der Waals surface area contributed by atoms with Crippen LogP contribution in [0.2, 0.25) is 5.02 Å².